The van der Waals surface area contributed by atoms with E-state index in [9.17, 15) is 9.59 Å². The smallest absolute Gasteiger partial charge is 0.261 e. The number of thiophene rings is 1. The van der Waals surface area contributed by atoms with E-state index in [0.29, 0.717) is 17.7 Å². The third-order valence-corrected chi connectivity index (χ3v) is 5.37. The minimum atomic E-state index is -0.234. The molecule has 0 saturated heterocycles. The lowest BCUT2D eigenvalue weighted by molar-refractivity contribution is 0.0659. The Morgan fingerprint density at radius 1 is 1.14 bits per heavy atom. The Morgan fingerprint density at radius 3 is 2.39 bits per heavy atom. The number of hydrogen-bond donors (Lipinski definition) is 1. The predicted molar refractivity (Wildman–Crippen MR) is 124 cm³/mol. The number of amides is 2. The van der Waals surface area contributed by atoms with Crippen LogP contribution in [0.4, 0.5) is 0 Å². The quantitative estimate of drug-likeness (QED) is 0.268. The molecule has 0 fully saturated rings. The summed E-state index contributed by atoms with van der Waals surface area (Å²) in [6.07, 6.45) is 0.955. The second-order valence-electron chi connectivity index (χ2n) is 6.29. The molecular formula is C20H25IN4O2S. The highest BCUT2D eigenvalue weighted by Gasteiger charge is 2.34. The molecule has 2 aromatic rings. The molecular weight excluding hydrogens is 487 g/mol. The van der Waals surface area contributed by atoms with Gasteiger partial charge in [0.15, 0.2) is 5.96 Å². The molecule has 0 unspecified atom stereocenters. The molecule has 2 amide bonds. The monoisotopic (exact) mass is 512 g/mol. The van der Waals surface area contributed by atoms with E-state index < -0.39 is 0 Å². The minimum Gasteiger partial charge on any atom is -0.357 e. The molecule has 1 aliphatic rings. The highest BCUT2D eigenvalue weighted by atomic mass is 127. The summed E-state index contributed by atoms with van der Waals surface area (Å²) in [7, 11) is 2.00. The summed E-state index contributed by atoms with van der Waals surface area (Å²) < 4.78 is 0. The van der Waals surface area contributed by atoms with Gasteiger partial charge in [-0.3, -0.25) is 19.5 Å². The fourth-order valence-corrected chi connectivity index (χ4v) is 3.70. The van der Waals surface area contributed by atoms with Crippen LogP contribution >= 0.6 is 35.3 Å². The number of carbonyl (C=O) groups is 2. The first-order valence-corrected chi connectivity index (χ1v) is 9.96. The van der Waals surface area contributed by atoms with Crippen molar-refractivity contribution < 1.29 is 9.59 Å². The van der Waals surface area contributed by atoms with Gasteiger partial charge in [-0.25, -0.2) is 0 Å². The van der Waals surface area contributed by atoms with Crippen LogP contribution < -0.4 is 5.32 Å². The van der Waals surface area contributed by atoms with Crippen LogP contribution in [0.2, 0.25) is 0 Å². The van der Waals surface area contributed by atoms with Crippen LogP contribution in [0.3, 0.4) is 0 Å². The first-order chi connectivity index (χ1) is 13.1. The summed E-state index contributed by atoms with van der Waals surface area (Å²) in [5, 5.41) is 5.35. The van der Waals surface area contributed by atoms with Gasteiger partial charge in [-0.15, -0.1) is 35.3 Å². The van der Waals surface area contributed by atoms with Gasteiger partial charge in [0, 0.05) is 31.6 Å². The number of rotatable bonds is 7. The normalized spacial score (nSPS) is 13.4. The Kier molecular flexibility index (Phi) is 8.43. The molecule has 3 rings (SSSR count). The van der Waals surface area contributed by atoms with E-state index in [1.54, 1.807) is 35.6 Å². The van der Waals surface area contributed by atoms with E-state index in [2.05, 4.69) is 32.7 Å². The molecule has 1 aromatic heterocycles. The van der Waals surface area contributed by atoms with Gasteiger partial charge in [0.2, 0.25) is 0 Å². The number of likely N-dealkylation sites (N-methyl/N-ethyl adjacent to an activating group) is 1. The fourth-order valence-electron chi connectivity index (χ4n) is 3.01. The van der Waals surface area contributed by atoms with E-state index in [0.717, 1.165) is 25.5 Å². The summed E-state index contributed by atoms with van der Waals surface area (Å²) in [4.78, 5) is 34.1. The average Bonchev–Trinajstić information content (AvgIpc) is 3.28. The van der Waals surface area contributed by atoms with Crippen molar-refractivity contribution in [1.29, 1.82) is 0 Å². The Hall–Kier alpha value is -1.94. The van der Waals surface area contributed by atoms with Crippen molar-refractivity contribution in [1.82, 2.24) is 15.1 Å². The number of nitrogens with one attached hydrogen (secondary N) is 1. The Bertz CT molecular complexity index is 803. The van der Waals surface area contributed by atoms with Crippen LogP contribution in [0.5, 0.6) is 0 Å². The molecule has 8 heteroatoms. The topological polar surface area (TPSA) is 65.0 Å². The summed E-state index contributed by atoms with van der Waals surface area (Å²) in [6.45, 7) is 4.28. The van der Waals surface area contributed by atoms with Gasteiger partial charge < -0.3 is 10.2 Å². The van der Waals surface area contributed by atoms with Crippen LogP contribution in [0.15, 0.2) is 46.8 Å². The third kappa shape index (κ3) is 5.11. The van der Waals surface area contributed by atoms with Crippen molar-refractivity contribution in [2.75, 3.05) is 33.2 Å². The Morgan fingerprint density at radius 2 is 1.82 bits per heavy atom. The summed E-state index contributed by atoms with van der Waals surface area (Å²) >= 11 is 1.75. The molecule has 0 spiro atoms. The van der Waals surface area contributed by atoms with Gasteiger partial charge in [-0.05, 0) is 36.9 Å². The van der Waals surface area contributed by atoms with Crippen molar-refractivity contribution in [3.05, 3.63) is 57.8 Å². The maximum atomic E-state index is 12.4. The number of aliphatic imine (C=N–C) groups is 1. The van der Waals surface area contributed by atoms with Gasteiger partial charge in [-0.1, -0.05) is 18.2 Å². The summed E-state index contributed by atoms with van der Waals surface area (Å²) in [5.74, 6) is 0.314. The summed E-state index contributed by atoms with van der Waals surface area (Å²) in [5.41, 5.74) is 0.956. The van der Waals surface area contributed by atoms with Crippen molar-refractivity contribution in [2.24, 2.45) is 4.99 Å². The van der Waals surface area contributed by atoms with Gasteiger partial charge >= 0.3 is 0 Å². The summed E-state index contributed by atoms with van der Waals surface area (Å²) in [6, 6.07) is 11.1. The first-order valence-electron chi connectivity index (χ1n) is 9.09. The van der Waals surface area contributed by atoms with Crippen LogP contribution in [0, 0.1) is 0 Å². The number of benzene rings is 1. The molecule has 0 saturated carbocycles. The van der Waals surface area contributed by atoms with Gasteiger partial charge in [-0.2, -0.15) is 0 Å². The van der Waals surface area contributed by atoms with Crippen LogP contribution in [-0.4, -0.2) is 60.8 Å². The molecule has 0 atom stereocenters. The van der Waals surface area contributed by atoms with Crippen molar-refractivity contribution in [2.45, 2.75) is 13.3 Å². The lowest BCUT2D eigenvalue weighted by Crippen LogP contribution is -2.40. The predicted octanol–water partition coefficient (Wildman–Crippen LogP) is 3.10. The molecule has 1 N–H and O–H groups in total. The number of hydrogen-bond acceptors (Lipinski definition) is 4. The number of nitrogens with zero attached hydrogens (tertiary/aromatic N) is 3. The Balaban J connectivity index is 0.00000280. The molecule has 0 radical (unpaired) electrons. The fraction of sp³-hybridized carbons (Fsp3) is 0.350. The maximum Gasteiger partial charge on any atom is 0.261 e. The second-order valence-corrected chi connectivity index (χ2v) is 7.33. The zero-order valence-electron chi connectivity index (χ0n) is 16.1. The highest BCUT2D eigenvalue weighted by molar-refractivity contribution is 14.0. The standard InChI is InChI=1S/C20H24N4O2S.HI/c1-3-21-20(23(2)12-10-15-7-6-14-27-15)22-11-13-24-18(25)16-8-4-5-9-17(16)19(24)26;/h4-9,14H,3,10-13H2,1-2H3,(H,21,22);1H. The Labute approximate surface area is 186 Å². The van der Waals surface area contributed by atoms with Crippen LogP contribution in [0.1, 0.15) is 32.5 Å². The lowest BCUT2D eigenvalue weighted by Gasteiger charge is -2.22. The maximum absolute atomic E-state index is 12.4. The van der Waals surface area contributed by atoms with E-state index >= 15 is 0 Å². The van der Waals surface area contributed by atoms with Gasteiger partial charge in [0.05, 0.1) is 17.7 Å². The molecule has 28 heavy (non-hydrogen) atoms. The SMILES string of the molecule is CCNC(=NCCN1C(=O)c2ccccc2C1=O)N(C)CCc1cccs1.I. The van der Waals surface area contributed by atoms with Crippen molar-refractivity contribution >= 4 is 53.1 Å². The van der Waals surface area contributed by atoms with Crippen molar-refractivity contribution in [3.63, 3.8) is 0 Å². The average molecular weight is 512 g/mol. The van der Waals surface area contributed by atoms with Crippen molar-refractivity contribution in [3.8, 4) is 0 Å². The number of fused-ring (bicyclic) bond motifs is 1. The van der Waals surface area contributed by atoms with Gasteiger partial charge in [0.1, 0.15) is 0 Å². The van der Waals surface area contributed by atoms with Crippen LogP contribution in [-0.2, 0) is 6.42 Å². The van der Waals surface area contributed by atoms with E-state index in [-0.39, 0.29) is 42.3 Å². The molecule has 0 aliphatic carbocycles. The van der Waals surface area contributed by atoms with E-state index in [4.69, 9.17) is 0 Å². The molecule has 6 nitrogen and oxygen atoms in total. The molecule has 150 valence electrons. The lowest BCUT2D eigenvalue weighted by atomic mass is 10.1. The molecule has 1 aliphatic heterocycles. The van der Waals surface area contributed by atoms with Crippen LogP contribution in [0.25, 0.3) is 0 Å². The van der Waals surface area contributed by atoms with E-state index in [1.165, 1.54) is 9.78 Å². The molecule has 1 aromatic carbocycles. The number of guanidine groups is 1. The number of carbonyl (C=O) groups excluding carboxylic acids is 2. The number of imide groups is 1. The highest BCUT2D eigenvalue weighted by Crippen LogP contribution is 2.21. The number of halogens is 1. The van der Waals surface area contributed by atoms with Gasteiger partial charge in [0.25, 0.3) is 11.8 Å². The first kappa shape index (κ1) is 22.4. The largest absolute Gasteiger partial charge is 0.357 e. The molecule has 0 bridgehead atoms. The zero-order valence-corrected chi connectivity index (χ0v) is 19.2. The minimum absolute atomic E-state index is 0. The zero-order chi connectivity index (χ0) is 19.2. The second kappa shape index (κ2) is 10.6. The third-order valence-electron chi connectivity index (χ3n) is 4.43. The van der Waals surface area contributed by atoms with E-state index in [1.807, 2.05) is 14.0 Å². The molecule has 2 heterocycles.